The maximum absolute atomic E-state index is 8.67. The molecule has 0 aromatic carbocycles. The summed E-state index contributed by atoms with van der Waals surface area (Å²) >= 11 is 0. The van der Waals surface area contributed by atoms with Crippen molar-refractivity contribution >= 4 is 0 Å². The second kappa shape index (κ2) is 6.61. The molecular formula is C13H22N2O. The normalized spacial score (nSPS) is 11.7. The lowest BCUT2D eigenvalue weighted by Gasteiger charge is -2.24. The molecule has 0 saturated carbocycles. The average molecular weight is 222 g/mol. The lowest BCUT2D eigenvalue weighted by atomic mass is 9.88. The van der Waals surface area contributed by atoms with E-state index in [2.05, 4.69) is 30.2 Å². The van der Waals surface area contributed by atoms with Crippen LogP contribution in [0, 0.1) is 0 Å². The molecule has 0 radical (unpaired) electrons. The third-order valence-corrected chi connectivity index (χ3v) is 2.69. The van der Waals surface area contributed by atoms with Crippen LogP contribution in [0.25, 0.3) is 0 Å². The number of aliphatic hydroxyl groups excluding tert-OH is 1. The number of unbranched alkanes of at least 4 members (excludes halogenated alkanes) is 1. The van der Waals surface area contributed by atoms with Gasteiger partial charge in [-0.3, -0.25) is 4.98 Å². The number of aromatic nitrogens is 1. The summed E-state index contributed by atoms with van der Waals surface area (Å²) in [4.78, 5) is 4.39. The van der Waals surface area contributed by atoms with Crippen molar-refractivity contribution in [2.45, 2.75) is 32.1 Å². The molecule has 0 unspecified atom stereocenters. The molecular weight excluding hydrogens is 200 g/mol. The third-order valence-electron chi connectivity index (χ3n) is 2.69. The molecule has 1 aromatic heterocycles. The SMILES string of the molecule is CC(C)(CNCCCCO)c1ccccn1. The molecule has 0 aliphatic rings. The molecule has 0 fully saturated rings. The zero-order chi connectivity index (χ0) is 11.9. The molecule has 0 spiro atoms. The van der Waals surface area contributed by atoms with Crippen molar-refractivity contribution in [1.82, 2.24) is 10.3 Å². The maximum atomic E-state index is 8.67. The molecule has 0 amide bonds. The molecule has 1 rings (SSSR count). The Morgan fingerprint density at radius 2 is 2.12 bits per heavy atom. The maximum Gasteiger partial charge on any atom is 0.0472 e. The van der Waals surface area contributed by atoms with Gasteiger partial charge in [-0.15, -0.1) is 0 Å². The first-order valence-corrected chi connectivity index (χ1v) is 5.90. The van der Waals surface area contributed by atoms with Crippen molar-refractivity contribution in [3.8, 4) is 0 Å². The topological polar surface area (TPSA) is 45.1 Å². The summed E-state index contributed by atoms with van der Waals surface area (Å²) in [5.74, 6) is 0. The Bertz CT molecular complexity index is 285. The number of pyridine rings is 1. The minimum absolute atomic E-state index is 0.0560. The van der Waals surface area contributed by atoms with E-state index in [1.165, 1.54) is 0 Å². The van der Waals surface area contributed by atoms with Gasteiger partial charge in [0, 0.05) is 30.5 Å². The van der Waals surface area contributed by atoms with E-state index in [-0.39, 0.29) is 12.0 Å². The predicted molar refractivity (Wildman–Crippen MR) is 66.5 cm³/mol. The van der Waals surface area contributed by atoms with Gasteiger partial charge in [0.15, 0.2) is 0 Å². The standard InChI is InChI=1S/C13H22N2O/c1-13(2,11-14-8-5-6-10-16)12-7-3-4-9-15-12/h3-4,7,9,14,16H,5-6,8,10-11H2,1-2H3. The fraction of sp³-hybridized carbons (Fsp3) is 0.615. The molecule has 1 heterocycles. The Morgan fingerprint density at radius 3 is 2.75 bits per heavy atom. The van der Waals surface area contributed by atoms with Crippen LogP contribution in [-0.4, -0.2) is 29.8 Å². The Morgan fingerprint density at radius 1 is 1.31 bits per heavy atom. The van der Waals surface area contributed by atoms with Crippen LogP contribution in [0.4, 0.5) is 0 Å². The van der Waals surface area contributed by atoms with Crippen LogP contribution in [0.1, 0.15) is 32.4 Å². The molecule has 0 aliphatic heterocycles. The van der Waals surface area contributed by atoms with Gasteiger partial charge in [-0.2, -0.15) is 0 Å². The van der Waals surface area contributed by atoms with Gasteiger partial charge in [0.2, 0.25) is 0 Å². The van der Waals surface area contributed by atoms with E-state index in [0.29, 0.717) is 0 Å². The van der Waals surface area contributed by atoms with E-state index in [1.807, 2.05) is 18.3 Å². The van der Waals surface area contributed by atoms with Gasteiger partial charge in [0.1, 0.15) is 0 Å². The zero-order valence-corrected chi connectivity index (χ0v) is 10.2. The number of hydrogen-bond donors (Lipinski definition) is 2. The van der Waals surface area contributed by atoms with Gasteiger partial charge < -0.3 is 10.4 Å². The molecule has 0 saturated heterocycles. The quantitative estimate of drug-likeness (QED) is 0.690. The highest BCUT2D eigenvalue weighted by Gasteiger charge is 2.20. The Kier molecular flexibility index (Phi) is 5.43. The first-order valence-electron chi connectivity index (χ1n) is 5.90. The summed E-state index contributed by atoms with van der Waals surface area (Å²) in [6.07, 6.45) is 3.73. The summed E-state index contributed by atoms with van der Waals surface area (Å²) in [6, 6.07) is 6.03. The first kappa shape index (κ1) is 13.1. The highest BCUT2D eigenvalue weighted by Crippen LogP contribution is 2.19. The molecule has 90 valence electrons. The van der Waals surface area contributed by atoms with Crippen molar-refractivity contribution in [2.24, 2.45) is 0 Å². The van der Waals surface area contributed by atoms with E-state index >= 15 is 0 Å². The van der Waals surface area contributed by atoms with Crippen molar-refractivity contribution in [3.63, 3.8) is 0 Å². The third kappa shape index (κ3) is 4.29. The van der Waals surface area contributed by atoms with Crippen LogP contribution in [0.15, 0.2) is 24.4 Å². The predicted octanol–water partition coefficient (Wildman–Crippen LogP) is 1.72. The van der Waals surface area contributed by atoms with Crippen LogP contribution in [0.2, 0.25) is 0 Å². The molecule has 3 heteroatoms. The molecule has 0 atom stereocenters. The van der Waals surface area contributed by atoms with Crippen LogP contribution in [0.5, 0.6) is 0 Å². The highest BCUT2D eigenvalue weighted by molar-refractivity contribution is 5.14. The highest BCUT2D eigenvalue weighted by atomic mass is 16.2. The zero-order valence-electron chi connectivity index (χ0n) is 10.2. The van der Waals surface area contributed by atoms with E-state index in [9.17, 15) is 0 Å². The lowest BCUT2D eigenvalue weighted by molar-refractivity contribution is 0.283. The van der Waals surface area contributed by atoms with Crippen LogP contribution < -0.4 is 5.32 Å². The van der Waals surface area contributed by atoms with Gasteiger partial charge >= 0.3 is 0 Å². The van der Waals surface area contributed by atoms with Crippen molar-refractivity contribution in [3.05, 3.63) is 30.1 Å². The number of hydrogen-bond acceptors (Lipinski definition) is 3. The second-order valence-corrected chi connectivity index (χ2v) is 4.71. The van der Waals surface area contributed by atoms with E-state index < -0.39 is 0 Å². The van der Waals surface area contributed by atoms with E-state index in [0.717, 1.165) is 31.6 Å². The number of aliphatic hydroxyl groups is 1. The van der Waals surface area contributed by atoms with Gasteiger partial charge in [-0.05, 0) is 31.5 Å². The molecule has 16 heavy (non-hydrogen) atoms. The molecule has 3 nitrogen and oxygen atoms in total. The molecule has 0 aliphatic carbocycles. The van der Waals surface area contributed by atoms with Crippen molar-refractivity contribution in [2.75, 3.05) is 19.7 Å². The number of nitrogens with one attached hydrogen (secondary N) is 1. The number of rotatable bonds is 7. The summed E-state index contributed by atoms with van der Waals surface area (Å²) in [5, 5.41) is 12.1. The van der Waals surface area contributed by atoms with Crippen molar-refractivity contribution < 1.29 is 5.11 Å². The minimum Gasteiger partial charge on any atom is -0.396 e. The van der Waals surface area contributed by atoms with Crippen LogP contribution in [-0.2, 0) is 5.41 Å². The Labute approximate surface area is 97.9 Å². The summed E-state index contributed by atoms with van der Waals surface area (Å²) in [7, 11) is 0. The minimum atomic E-state index is 0.0560. The average Bonchev–Trinajstić information content (AvgIpc) is 2.30. The summed E-state index contributed by atoms with van der Waals surface area (Å²) < 4.78 is 0. The Balaban J connectivity index is 2.35. The van der Waals surface area contributed by atoms with Crippen LogP contribution in [0.3, 0.4) is 0 Å². The van der Waals surface area contributed by atoms with Gasteiger partial charge in [-0.1, -0.05) is 19.9 Å². The lowest BCUT2D eigenvalue weighted by Crippen LogP contribution is -2.34. The summed E-state index contributed by atoms with van der Waals surface area (Å²) in [5.41, 5.74) is 1.17. The fourth-order valence-electron chi connectivity index (χ4n) is 1.62. The molecule has 0 bridgehead atoms. The second-order valence-electron chi connectivity index (χ2n) is 4.71. The molecule has 1 aromatic rings. The fourth-order valence-corrected chi connectivity index (χ4v) is 1.62. The van der Waals surface area contributed by atoms with Crippen molar-refractivity contribution in [1.29, 1.82) is 0 Å². The Hall–Kier alpha value is -0.930. The summed E-state index contributed by atoms with van der Waals surface area (Å²) in [6.45, 7) is 6.53. The smallest absolute Gasteiger partial charge is 0.0472 e. The van der Waals surface area contributed by atoms with Gasteiger partial charge in [0.05, 0.1) is 0 Å². The van der Waals surface area contributed by atoms with E-state index in [4.69, 9.17) is 5.11 Å². The largest absolute Gasteiger partial charge is 0.396 e. The van der Waals surface area contributed by atoms with Crippen LogP contribution >= 0.6 is 0 Å². The monoisotopic (exact) mass is 222 g/mol. The van der Waals surface area contributed by atoms with Gasteiger partial charge in [0.25, 0.3) is 0 Å². The number of nitrogens with zero attached hydrogens (tertiary/aromatic N) is 1. The van der Waals surface area contributed by atoms with Gasteiger partial charge in [-0.25, -0.2) is 0 Å². The first-order chi connectivity index (χ1) is 7.67. The van der Waals surface area contributed by atoms with E-state index in [1.54, 1.807) is 0 Å². The molecule has 2 N–H and O–H groups in total.